The summed E-state index contributed by atoms with van der Waals surface area (Å²) in [6.07, 6.45) is 4.30. The van der Waals surface area contributed by atoms with E-state index in [-0.39, 0.29) is 17.9 Å². The molecular formula is C18H25NO2. The third-order valence-electron chi connectivity index (χ3n) is 5.23. The molecule has 1 saturated heterocycles. The Hall–Kier alpha value is -1.35. The molecule has 1 aliphatic carbocycles. The van der Waals surface area contributed by atoms with Gasteiger partial charge in [0.05, 0.1) is 6.10 Å². The summed E-state index contributed by atoms with van der Waals surface area (Å²) in [5.41, 5.74) is 2.74. The van der Waals surface area contributed by atoms with Crippen LogP contribution in [0.2, 0.25) is 0 Å². The summed E-state index contributed by atoms with van der Waals surface area (Å²) in [6, 6.07) is 8.49. The van der Waals surface area contributed by atoms with E-state index in [4.69, 9.17) is 0 Å². The predicted molar refractivity (Wildman–Crippen MR) is 82.9 cm³/mol. The zero-order valence-electron chi connectivity index (χ0n) is 12.8. The minimum Gasteiger partial charge on any atom is -0.393 e. The third kappa shape index (κ3) is 2.98. The van der Waals surface area contributed by atoms with Crippen molar-refractivity contribution in [1.82, 2.24) is 4.90 Å². The number of rotatable bonds is 2. The zero-order chi connectivity index (χ0) is 14.8. The Labute approximate surface area is 127 Å². The van der Waals surface area contributed by atoms with Crippen molar-refractivity contribution in [3.05, 3.63) is 35.4 Å². The van der Waals surface area contributed by atoms with Gasteiger partial charge in [0.2, 0.25) is 5.91 Å². The molecule has 1 amide bonds. The van der Waals surface area contributed by atoms with Gasteiger partial charge in [-0.05, 0) is 43.2 Å². The van der Waals surface area contributed by atoms with Crippen LogP contribution in [0.1, 0.15) is 37.3 Å². The van der Waals surface area contributed by atoms with Crippen molar-refractivity contribution in [2.24, 2.45) is 11.8 Å². The molecule has 1 heterocycles. The molecule has 3 nitrogen and oxygen atoms in total. The molecule has 21 heavy (non-hydrogen) atoms. The van der Waals surface area contributed by atoms with Crippen LogP contribution in [0.4, 0.5) is 0 Å². The number of fused-ring (bicyclic) bond motifs is 1. The average molecular weight is 287 g/mol. The van der Waals surface area contributed by atoms with E-state index in [1.165, 1.54) is 11.1 Å². The number of piperidine rings is 1. The highest BCUT2D eigenvalue weighted by molar-refractivity contribution is 5.79. The van der Waals surface area contributed by atoms with Crippen molar-refractivity contribution < 1.29 is 9.90 Å². The molecule has 2 aliphatic rings. The van der Waals surface area contributed by atoms with Crippen LogP contribution < -0.4 is 0 Å². The number of amides is 1. The number of carbonyl (C=O) groups is 1. The first-order valence-corrected chi connectivity index (χ1v) is 8.22. The van der Waals surface area contributed by atoms with Gasteiger partial charge in [0.1, 0.15) is 0 Å². The molecule has 1 aromatic carbocycles. The van der Waals surface area contributed by atoms with Gasteiger partial charge < -0.3 is 10.0 Å². The smallest absolute Gasteiger partial charge is 0.226 e. The largest absolute Gasteiger partial charge is 0.393 e. The molecule has 1 fully saturated rings. The van der Waals surface area contributed by atoms with E-state index in [0.29, 0.717) is 12.5 Å². The van der Waals surface area contributed by atoms with Crippen molar-refractivity contribution in [2.45, 2.75) is 45.1 Å². The van der Waals surface area contributed by atoms with Crippen molar-refractivity contribution in [1.29, 1.82) is 0 Å². The van der Waals surface area contributed by atoms with Crippen LogP contribution in [-0.2, 0) is 17.6 Å². The summed E-state index contributed by atoms with van der Waals surface area (Å²) in [7, 11) is 0. The lowest BCUT2D eigenvalue weighted by atomic mass is 9.82. The van der Waals surface area contributed by atoms with Crippen LogP contribution >= 0.6 is 0 Å². The maximum Gasteiger partial charge on any atom is 0.226 e. The fraction of sp³-hybridized carbons (Fsp3) is 0.611. The van der Waals surface area contributed by atoms with E-state index in [1.807, 2.05) is 4.90 Å². The summed E-state index contributed by atoms with van der Waals surface area (Å²) in [5, 5.41) is 9.97. The van der Waals surface area contributed by atoms with Crippen LogP contribution in [0, 0.1) is 11.8 Å². The van der Waals surface area contributed by atoms with E-state index in [2.05, 4.69) is 31.2 Å². The molecule has 0 radical (unpaired) electrons. The van der Waals surface area contributed by atoms with Crippen LogP contribution in [0.3, 0.4) is 0 Å². The van der Waals surface area contributed by atoms with Crippen LogP contribution in [0.25, 0.3) is 0 Å². The molecule has 3 unspecified atom stereocenters. The van der Waals surface area contributed by atoms with Crippen molar-refractivity contribution in [3.63, 3.8) is 0 Å². The predicted octanol–water partition coefficient (Wildman–Crippen LogP) is 2.41. The van der Waals surface area contributed by atoms with Gasteiger partial charge in [-0.1, -0.05) is 31.2 Å². The van der Waals surface area contributed by atoms with E-state index >= 15 is 0 Å². The van der Waals surface area contributed by atoms with Crippen molar-refractivity contribution in [2.75, 3.05) is 13.1 Å². The highest BCUT2D eigenvalue weighted by Gasteiger charge is 2.33. The fourth-order valence-electron chi connectivity index (χ4n) is 3.79. The lowest BCUT2D eigenvalue weighted by Gasteiger charge is -2.38. The normalized spacial score (nSPS) is 29.0. The SMILES string of the molecule is CCC1CN(C(=O)C2CCc3ccccc3C2)CCC1O. The summed E-state index contributed by atoms with van der Waals surface area (Å²) in [6.45, 7) is 3.54. The number of benzene rings is 1. The molecule has 0 bridgehead atoms. The Morgan fingerprint density at radius 1 is 1.29 bits per heavy atom. The Balaban J connectivity index is 1.67. The Morgan fingerprint density at radius 3 is 2.81 bits per heavy atom. The highest BCUT2D eigenvalue weighted by Crippen LogP contribution is 2.29. The second-order valence-corrected chi connectivity index (χ2v) is 6.52. The minimum absolute atomic E-state index is 0.132. The number of aryl methyl sites for hydroxylation is 1. The molecule has 3 atom stereocenters. The molecule has 3 heteroatoms. The first kappa shape index (κ1) is 14.6. The maximum absolute atomic E-state index is 12.8. The number of aliphatic hydroxyl groups is 1. The van der Waals surface area contributed by atoms with Gasteiger partial charge >= 0.3 is 0 Å². The number of carbonyl (C=O) groups excluding carboxylic acids is 1. The number of hydrogen-bond acceptors (Lipinski definition) is 2. The monoisotopic (exact) mass is 287 g/mol. The first-order valence-electron chi connectivity index (χ1n) is 8.22. The number of aliphatic hydroxyl groups excluding tert-OH is 1. The molecule has 1 aromatic rings. The molecule has 0 spiro atoms. The standard InChI is InChI=1S/C18H25NO2/c1-2-13-12-19(10-9-17(13)20)18(21)16-8-7-14-5-3-4-6-15(14)11-16/h3-6,13,16-17,20H,2,7-12H2,1H3. The Kier molecular flexibility index (Phi) is 4.29. The van der Waals surface area contributed by atoms with Gasteiger partial charge in [0.15, 0.2) is 0 Å². The van der Waals surface area contributed by atoms with E-state index < -0.39 is 0 Å². The van der Waals surface area contributed by atoms with Gasteiger partial charge in [0.25, 0.3) is 0 Å². The lowest BCUT2D eigenvalue weighted by Crippen LogP contribution is -2.48. The third-order valence-corrected chi connectivity index (χ3v) is 5.23. The molecule has 0 saturated carbocycles. The van der Waals surface area contributed by atoms with Crippen molar-refractivity contribution >= 4 is 5.91 Å². The molecule has 1 N–H and O–H groups in total. The van der Waals surface area contributed by atoms with Gasteiger partial charge in [-0.2, -0.15) is 0 Å². The van der Waals surface area contributed by atoms with Gasteiger partial charge in [-0.3, -0.25) is 4.79 Å². The topological polar surface area (TPSA) is 40.5 Å². The molecular weight excluding hydrogens is 262 g/mol. The highest BCUT2D eigenvalue weighted by atomic mass is 16.3. The summed E-state index contributed by atoms with van der Waals surface area (Å²) in [5.74, 6) is 0.682. The Morgan fingerprint density at radius 2 is 2.05 bits per heavy atom. The summed E-state index contributed by atoms with van der Waals surface area (Å²) in [4.78, 5) is 14.8. The summed E-state index contributed by atoms with van der Waals surface area (Å²) >= 11 is 0. The number of hydrogen-bond donors (Lipinski definition) is 1. The average Bonchev–Trinajstić information content (AvgIpc) is 2.54. The molecule has 3 rings (SSSR count). The quantitative estimate of drug-likeness (QED) is 0.907. The van der Waals surface area contributed by atoms with Crippen molar-refractivity contribution in [3.8, 4) is 0 Å². The fourth-order valence-corrected chi connectivity index (χ4v) is 3.79. The van der Waals surface area contributed by atoms with Crippen LogP contribution in [0.15, 0.2) is 24.3 Å². The lowest BCUT2D eigenvalue weighted by molar-refractivity contribution is -0.139. The first-order chi connectivity index (χ1) is 10.2. The molecule has 114 valence electrons. The molecule has 1 aliphatic heterocycles. The second-order valence-electron chi connectivity index (χ2n) is 6.52. The maximum atomic E-state index is 12.8. The van der Waals surface area contributed by atoms with Gasteiger partial charge in [-0.15, -0.1) is 0 Å². The van der Waals surface area contributed by atoms with Gasteiger partial charge in [0, 0.05) is 24.9 Å². The van der Waals surface area contributed by atoms with E-state index in [0.717, 1.165) is 38.6 Å². The van der Waals surface area contributed by atoms with Crippen LogP contribution in [0.5, 0.6) is 0 Å². The number of likely N-dealkylation sites (tertiary alicyclic amines) is 1. The van der Waals surface area contributed by atoms with E-state index in [9.17, 15) is 9.90 Å². The molecule has 0 aromatic heterocycles. The van der Waals surface area contributed by atoms with Gasteiger partial charge in [-0.25, -0.2) is 0 Å². The minimum atomic E-state index is -0.230. The van der Waals surface area contributed by atoms with E-state index in [1.54, 1.807) is 0 Å². The summed E-state index contributed by atoms with van der Waals surface area (Å²) < 4.78 is 0. The zero-order valence-corrected chi connectivity index (χ0v) is 12.8. The second kappa shape index (κ2) is 6.18. The Bertz CT molecular complexity index is 514. The number of nitrogens with zero attached hydrogens (tertiary/aromatic N) is 1. The van der Waals surface area contributed by atoms with Crippen LogP contribution in [-0.4, -0.2) is 35.1 Å².